The van der Waals surface area contributed by atoms with Gasteiger partial charge in [0.05, 0.1) is 24.3 Å². The van der Waals surface area contributed by atoms with Gasteiger partial charge in [0.2, 0.25) is 5.91 Å². The minimum Gasteiger partial charge on any atom is -0.506 e. The first-order valence-electron chi connectivity index (χ1n) is 11.2. The molecule has 0 aliphatic heterocycles. The summed E-state index contributed by atoms with van der Waals surface area (Å²) in [6.45, 7) is 10.2. The number of aliphatic imine (C=N–C) groups is 1. The highest BCUT2D eigenvalue weighted by Gasteiger charge is 2.67. The minimum absolute atomic E-state index is 0.0275. The van der Waals surface area contributed by atoms with E-state index in [0.29, 0.717) is 30.9 Å². The lowest BCUT2D eigenvalue weighted by molar-refractivity contribution is -0.125. The van der Waals surface area contributed by atoms with Gasteiger partial charge < -0.3 is 19.5 Å². The van der Waals surface area contributed by atoms with Gasteiger partial charge in [-0.25, -0.2) is 0 Å². The molecular weight excluding hydrogens is 415 g/mol. The van der Waals surface area contributed by atoms with E-state index < -0.39 is 18.8 Å². The van der Waals surface area contributed by atoms with E-state index >= 15 is 0 Å². The number of benzene rings is 1. The van der Waals surface area contributed by atoms with Gasteiger partial charge in [0.1, 0.15) is 5.75 Å². The first kappa shape index (κ1) is 24.0. The second-order valence-corrected chi connectivity index (χ2v) is 11.1. The van der Waals surface area contributed by atoms with Gasteiger partial charge in [0.15, 0.2) is 5.78 Å². The number of fused-ring (bicyclic) bond motifs is 2. The van der Waals surface area contributed by atoms with Crippen LogP contribution >= 0.6 is 7.60 Å². The Kier molecular flexibility index (Phi) is 6.99. The number of nitrogens with one attached hydrogen (secondary N) is 1. The predicted octanol–water partition coefficient (Wildman–Crippen LogP) is 5.60. The highest BCUT2D eigenvalue weighted by molar-refractivity contribution is 7.54. The van der Waals surface area contributed by atoms with Gasteiger partial charge in [-0.2, -0.15) is 0 Å². The van der Waals surface area contributed by atoms with Crippen LogP contribution < -0.4 is 5.32 Å². The van der Waals surface area contributed by atoms with E-state index in [0.717, 1.165) is 12.1 Å². The highest BCUT2D eigenvalue weighted by Crippen LogP contribution is 2.65. The van der Waals surface area contributed by atoms with Crippen molar-refractivity contribution in [3.05, 3.63) is 24.3 Å². The van der Waals surface area contributed by atoms with Gasteiger partial charge >= 0.3 is 7.60 Å². The number of carbonyl (C=O) groups is 1. The molecule has 0 saturated heterocycles. The second kappa shape index (κ2) is 9.05. The average molecular weight is 451 g/mol. The fourth-order valence-electron chi connectivity index (χ4n) is 5.35. The summed E-state index contributed by atoms with van der Waals surface area (Å²) < 4.78 is 24.5. The number of amides is 1. The maximum absolute atomic E-state index is 13.7. The molecule has 0 heterocycles. The summed E-state index contributed by atoms with van der Waals surface area (Å²) in [5.74, 6) is -0.472. The zero-order chi connectivity index (χ0) is 22.9. The fourth-order valence-corrected chi connectivity index (χ4v) is 7.21. The van der Waals surface area contributed by atoms with Gasteiger partial charge in [-0.1, -0.05) is 32.9 Å². The molecule has 1 aromatic carbocycles. The molecule has 8 heteroatoms. The van der Waals surface area contributed by atoms with E-state index in [1.807, 2.05) is 6.92 Å². The summed E-state index contributed by atoms with van der Waals surface area (Å²) in [5, 5.41) is 13.1. The van der Waals surface area contributed by atoms with Crippen molar-refractivity contribution in [2.45, 2.75) is 66.1 Å². The molecule has 0 radical (unpaired) electrons. The van der Waals surface area contributed by atoms with Gasteiger partial charge in [0.25, 0.3) is 0 Å². The summed E-state index contributed by atoms with van der Waals surface area (Å²) in [6.07, 6.45) is 2.79. The van der Waals surface area contributed by atoms with Crippen molar-refractivity contribution in [2.75, 3.05) is 18.5 Å². The molecule has 2 bridgehead atoms. The zero-order valence-electron chi connectivity index (χ0n) is 19.2. The Morgan fingerprint density at radius 3 is 2.45 bits per heavy atom. The topological polar surface area (TPSA) is 97.2 Å². The monoisotopic (exact) mass is 450 g/mol. The van der Waals surface area contributed by atoms with Crippen LogP contribution in [-0.4, -0.2) is 35.7 Å². The van der Waals surface area contributed by atoms with Gasteiger partial charge in [0, 0.05) is 5.71 Å². The molecule has 0 aromatic heterocycles. The van der Waals surface area contributed by atoms with Crippen molar-refractivity contribution >= 4 is 24.9 Å². The molecule has 2 aliphatic rings. The summed E-state index contributed by atoms with van der Waals surface area (Å²) in [4.78, 5) is 18.6. The maximum atomic E-state index is 13.7. The normalized spacial score (nSPS) is 26.9. The van der Waals surface area contributed by atoms with Crippen LogP contribution in [0.15, 0.2) is 29.3 Å². The summed E-state index contributed by atoms with van der Waals surface area (Å²) >= 11 is 0. The number of phenols is 1. The quantitative estimate of drug-likeness (QED) is 0.377. The van der Waals surface area contributed by atoms with Crippen LogP contribution in [0.2, 0.25) is 0 Å². The van der Waals surface area contributed by atoms with Gasteiger partial charge in [-0.3, -0.25) is 14.4 Å². The summed E-state index contributed by atoms with van der Waals surface area (Å²) in [5.41, 5.74) is 0.0260. The lowest BCUT2D eigenvalue weighted by Crippen LogP contribution is -2.47. The standard InChI is InChI=1S/C23H35N2O5P/c1-6-20(31(28,29-7-2)30-8-3)25-19-15-16-13-14-23(19,22(16,4)5)21(27)24-17-11-9-10-12-18(17)26/h9-12,16,20,26H,6-8,13-15H2,1-5H3,(H,24,27)/b25-19+/t16-,20+,23+/m1/s1. The van der Waals surface area contributed by atoms with Crippen LogP contribution in [0.4, 0.5) is 5.69 Å². The zero-order valence-corrected chi connectivity index (χ0v) is 20.1. The summed E-state index contributed by atoms with van der Waals surface area (Å²) in [7, 11) is -3.44. The van der Waals surface area contributed by atoms with E-state index in [1.165, 1.54) is 0 Å². The van der Waals surface area contributed by atoms with Crippen LogP contribution in [0.3, 0.4) is 0 Å². The Morgan fingerprint density at radius 2 is 1.90 bits per heavy atom. The van der Waals surface area contributed by atoms with Crippen molar-refractivity contribution in [3.63, 3.8) is 0 Å². The predicted molar refractivity (Wildman–Crippen MR) is 123 cm³/mol. The largest absolute Gasteiger partial charge is 0.506 e. The number of phenolic OH excluding ortho intramolecular Hbond substituents is 1. The smallest absolute Gasteiger partial charge is 0.354 e. The third-order valence-electron chi connectivity index (χ3n) is 7.11. The van der Waals surface area contributed by atoms with Crippen LogP contribution in [0.25, 0.3) is 0 Å². The number of hydrogen-bond acceptors (Lipinski definition) is 6. The molecule has 3 atom stereocenters. The van der Waals surface area contributed by atoms with Gasteiger partial charge in [-0.15, -0.1) is 0 Å². The van der Waals surface area contributed by atoms with Crippen molar-refractivity contribution in [3.8, 4) is 5.75 Å². The van der Waals surface area contributed by atoms with E-state index in [9.17, 15) is 14.5 Å². The number of aromatic hydroxyl groups is 1. The molecular formula is C23H35N2O5P. The van der Waals surface area contributed by atoms with E-state index in [1.54, 1.807) is 38.1 Å². The van der Waals surface area contributed by atoms with Crippen LogP contribution in [-0.2, 0) is 18.4 Å². The molecule has 2 saturated carbocycles. The number of hydrogen-bond donors (Lipinski definition) is 2. The van der Waals surface area contributed by atoms with Crippen LogP contribution in [0, 0.1) is 16.7 Å². The lowest BCUT2D eigenvalue weighted by atomic mass is 9.68. The Hall–Kier alpha value is -1.69. The highest BCUT2D eigenvalue weighted by atomic mass is 31.2. The molecule has 7 nitrogen and oxygen atoms in total. The average Bonchev–Trinajstić information content (AvgIpc) is 3.10. The van der Waals surface area contributed by atoms with Crippen molar-refractivity contribution in [2.24, 2.45) is 21.7 Å². The molecule has 2 aliphatic carbocycles. The maximum Gasteiger partial charge on any atom is 0.354 e. The Labute approximate surface area is 185 Å². The van der Waals surface area contributed by atoms with E-state index in [-0.39, 0.29) is 30.3 Å². The van der Waals surface area contributed by atoms with Crippen molar-refractivity contribution < 1.29 is 23.5 Å². The summed E-state index contributed by atoms with van der Waals surface area (Å²) in [6, 6.07) is 6.72. The number of nitrogens with zero attached hydrogens (tertiary/aromatic N) is 1. The van der Waals surface area contributed by atoms with Crippen molar-refractivity contribution in [1.29, 1.82) is 0 Å². The first-order valence-corrected chi connectivity index (χ1v) is 12.8. The molecule has 1 amide bonds. The minimum atomic E-state index is -3.44. The molecule has 3 rings (SSSR count). The molecule has 0 unspecified atom stereocenters. The lowest BCUT2D eigenvalue weighted by Gasteiger charge is -2.37. The molecule has 1 aromatic rings. The Balaban J connectivity index is 2.02. The van der Waals surface area contributed by atoms with Crippen molar-refractivity contribution in [1.82, 2.24) is 0 Å². The molecule has 0 spiro atoms. The number of carbonyl (C=O) groups excluding carboxylic acids is 1. The number of para-hydroxylation sites is 2. The number of anilines is 1. The Bertz CT molecular complexity index is 890. The third-order valence-corrected chi connectivity index (χ3v) is 9.56. The Morgan fingerprint density at radius 1 is 1.26 bits per heavy atom. The first-order chi connectivity index (χ1) is 14.7. The number of rotatable bonds is 9. The van der Waals surface area contributed by atoms with E-state index in [4.69, 9.17) is 14.0 Å². The second-order valence-electron chi connectivity index (χ2n) is 8.88. The van der Waals surface area contributed by atoms with E-state index in [2.05, 4.69) is 19.2 Å². The molecule has 172 valence electrons. The van der Waals surface area contributed by atoms with Gasteiger partial charge in [-0.05, 0) is 63.0 Å². The molecule has 31 heavy (non-hydrogen) atoms. The van der Waals surface area contributed by atoms with Crippen LogP contribution in [0.1, 0.15) is 60.3 Å². The van der Waals surface area contributed by atoms with Crippen LogP contribution in [0.5, 0.6) is 5.75 Å². The third kappa shape index (κ3) is 3.96. The molecule has 2 N–H and O–H groups in total. The fraction of sp³-hybridized carbons (Fsp3) is 0.652. The molecule has 2 fully saturated rings. The SMILES string of the molecule is CCOP(=O)(OCC)[C@@H](CC)/N=C1\C[C@H]2CC[C@]1(C(=O)Nc1ccccc1O)C2(C)C.